The number of nitrogens with one attached hydrogen (secondary N) is 1. The van der Waals surface area contributed by atoms with E-state index in [0.717, 1.165) is 25.0 Å². The third-order valence-electron chi connectivity index (χ3n) is 4.63. The number of piperidine rings is 1. The van der Waals surface area contributed by atoms with Gasteiger partial charge in [0, 0.05) is 31.6 Å². The van der Waals surface area contributed by atoms with E-state index in [-0.39, 0.29) is 12.0 Å². The average molecular weight is 359 g/mol. The lowest BCUT2D eigenvalue weighted by molar-refractivity contribution is 0.0579. The number of aryl methyl sites for hydroxylation is 1. The maximum Gasteiger partial charge on any atom is 0.274 e. The van der Waals surface area contributed by atoms with E-state index < -0.39 is 0 Å². The van der Waals surface area contributed by atoms with Gasteiger partial charge in [-0.1, -0.05) is 13.0 Å². The lowest BCUT2D eigenvalue weighted by atomic mass is 10.1. The number of H-pyrrole nitrogens is 1. The van der Waals surface area contributed by atoms with Crippen LogP contribution in [0.3, 0.4) is 0 Å². The van der Waals surface area contributed by atoms with Crippen molar-refractivity contribution in [3.05, 3.63) is 35.7 Å². The lowest BCUT2D eigenvalue weighted by Crippen LogP contribution is -2.42. The molecule has 1 aliphatic rings. The van der Waals surface area contributed by atoms with Crippen LogP contribution in [0.4, 0.5) is 0 Å². The Balaban J connectivity index is 1.61. The molecule has 0 spiro atoms. The molecule has 1 fully saturated rings. The van der Waals surface area contributed by atoms with Crippen molar-refractivity contribution in [2.75, 3.05) is 27.3 Å². The minimum atomic E-state index is -0.0331. The summed E-state index contributed by atoms with van der Waals surface area (Å²) in [7, 11) is 3.22. The van der Waals surface area contributed by atoms with Crippen LogP contribution in [0, 0.1) is 0 Å². The number of aromatic amines is 1. The number of methoxy groups -OCH3 is 2. The summed E-state index contributed by atoms with van der Waals surface area (Å²) in [5.41, 5.74) is 1.45. The number of para-hydroxylation sites is 1. The van der Waals surface area contributed by atoms with Gasteiger partial charge >= 0.3 is 0 Å². The molecule has 7 nitrogen and oxygen atoms in total. The van der Waals surface area contributed by atoms with Crippen LogP contribution < -0.4 is 14.2 Å². The van der Waals surface area contributed by atoms with E-state index in [1.165, 1.54) is 0 Å². The number of nitrogens with zero attached hydrogens (tertiary/aromatic N) is 2. The maximum atomic E-state index is 12.6. The van der Waals surface area contributed by atoms with Crippen LogP contribution in [0.1, 0.15) is 35.9 Å². The minimum Gasteiger partial charge on any atom is -0.493 e. The third kappa shape index (κ3) is 3.76. The van der Waals surface area contributed by atoms with Gasteiger partial charge in [0.25, 0.3) is 5.91 Å². The Morgan fingerprint density at radius 3 is 2.42 bits per heavy atom. The van der Waals surface area contributed by atoms with Crippen molar-refractivity contribution in [2.45, 2.75) is 32.3 Å². The fourth-order valence-corrected chi connectivity index (χ4v) is 3.09. The minimum absolute atomic E-state index is 0.00892. The summed E-state index contributed by atoms with van der Waals surface area (Å²) in [5, 5.41) is 7.01. The van der Waals surface area contributed by atoms with E-state index in [9.17, 15) is 4.79 Å². The van der Waals surface area contributed by atoms with Crippen molar-refractivity contribution in [2.24, 2.45) is 0 Å². The fraction of sp³-hybridized carbons (Fsp3) is 0.474. The number of likely N-dealkylation sites (tertiary alicyclic amines) is 1. The molecule has 1 N–H and O–H groups in total. The van der Waals surface area contributed by atoms with Gasteiger partial charge in [0.1, 0.15) is 11.8 Å². The van der Waals surface area contributed by atoms with Crippen molar-refractivity contribution >= 4 is 5.91 Å². The number of carbonyl (C=O) groups is 1. The highest BCUT2D eigenvalue weighted by atomic mass is 16.5. The molecule has 7 heteroatoms. The summed E-state index contributed by atoms with van der Waals surface area (Å²) in [6.45, 7) is 3.29. The molecular formula is C19H25N3O4. The highest BCUT2D eigenvalue weighted by Crippen LogP contribution is 2.38. The zero-order chi connectivity index (χ0) is 18.5. The highest BCUT2D eigenvalue weighted by Gasteiger charge is 2.27. The number of amides is 1. The standard InChI is InChI=1S/C19H25N3O4/c1-4-13-12-15(21-20-13)19(23)22-10-8-14(9-11-22)26-18-16(24-2)6-5-7-17(18)25-3/h5-7,12,14H,4,8-11H2,1-3H3,(H,20,21). The molecule has 0 bridgehead atoms. The van der Waals surface area contributed by atoms with Crippen LogP contribution in [0.2, 0.25) is 0 Å². The molecule has 2 aromatic rings. The van der Waals surface area contributed by atoms with E-state index in [1.54, 1.807) is 14.2 Å². The molecule has 1 aromatic heterocycles. The number of carbonyl (C=O) groups excluding carboxylic acids is 1. The summed E-state index contributed by atoms with van der Waals surface area (Å²) in [6.07, 6.45) is 2.34. The lowest BCUT2D eigenvalue weighted by Gasteiger charge is -2.32. The van der Waals surface area contributed by atoms with E-state index in [2.05, 4.69) is 10.2 Å². The number of hydrogen-bond donors (Lipinski definition) is 1. The van der Waals surface area contributed by atoms with E-state index in [1.807, 2.05) is 36.1 Å². The SMILES string of the molecule is CCc1cc(C(=O)N2CCC(Oc3c(OC)cccc3OC)CC2)n[nH]1. The Hall–Kier alpha value is -2.70. The van der Waals surface area contributed by atoms with Gasteiger partial charge in [0.15, 0.2) is 11.5 Å². The van der Waals surface area contributed by atoms with Crippen LogP contribution in [0.5, 0.6) is 17.2 Å². The van der Waals surface area contributed by atoms with E-state index in [4.69, 9.17) is 14.2 Å². The van der Waals surface area contributed by atoms with Crippen molar-refractivity contribution in [3.63, 3.8) is 0 Å². The molecule has 1 amide bonds. The monoisotopic (exact) mass is 359 g/mol. The molecule has 0 atom stereocenters. The smallest absolute Gasteiger partial charge is 0.274 e. The van der Waals surface area contributed by atoms with Gasteiger partial charge in [0.05, 0.1) is 14.2 Å². The van der Waals surface area contributed by atoms with Crippen LogP contribution in [0.15, 0.2) is 24.3 Å². The second-order valence-corrected chi connectivity index (χ2v) is 6.23. The van der Waals surface area contributed by atoms with Crippen molar-refractivity contribution in [3.8, 4) is 17.2 Å². The molecule has 0 radical (unpaired) electrons. The number of benzene rings is 1. The van der Waals surface area contributed by atoms with Crippen molar-refractivity contribution < 1.29 is 19.0 Å². The van der Waals surface area contributed by atoms with Crippen LogP contribution in [0.25, 0.3) is 0 Å². The number of rotatable bonds is 6. The summed E-state index contributed by atoms with van der Waals surface area (Å²) in [4.78, 5) is 14.4. The molecule has 2 heterocycles. The first kappa shape index (κ1) is 18.1. The number of hydrogen-bond acceptors (Lipinski definition) is 5. The summed E-state index contributed by atoms with van der Waals surface area (Å²) in [5.74, 6) is 1.87. The zero-order valence-electron chi connectivity index (χ0n) is 15.4. The van der Waals surface area contributed by atoms with Gasteiger partial charge < -0.3 is 19.1 Å². The summed E-state index contributed by atoms with van der Waals surface area (Å²) >= 11 is 0. The number of aromatic nitrogens is 2. The van der Waals surface area contributed by atoms with Crippen LogP contribution in [-0.4, -0.2) is 54.4 Å². The average Bonchev–Trinajstić information content (AvgIpc) is 3.17. The van der Waals surface area contributed by atoms with Gasteiger partial charge in [0.2, 0.25) is 5.75 Å². The Bertz CT molecular complexity index is 729. The quantitative estimate of drug-likeness (QED) is 0.858. The Morgan fingerprint density at radius 1 is 1.23 bits per heavy atom. The highest BCUT2D eigenvalue weighted by molar-refractivity contribution is 5.92. The largest absolute Gasteiger partial charge is 0.493 e. The maximum absolute atomic E-state index is 12.6. The Kier molecular flexibility index (Phi) is 5.65. The molecule has 140 valence electrons. The molecule has 26 heavy (non-hydrogen) atoms. The molecular weight excluding hydrogens is 334 g/mol. The zero-order valence-corrected chi connectivity index (χ0v) is 15.4. The second-order valence-electron chi connectivity index (χ2n) is 6.23. The number of ether oxygens (including phenoxy) is 3. The van der Waals surface area contributed by atoms with Crippen molar-refractivity contribution in [1.82, 2.24) is 15.1 Å². The van der Waals surface area contributed by atoms with E-state index in [0.29, 0.717) is 36.0 Å². The molecule has 1 saturated heterocycles. The molecule has 0 aliphatic carbocycles. The molecule has 1 aliphatic heterocycles. The predicted molar refractivity (Wildman–Crippen MR) is 97.1 cm³/mol. The molecule has 0 unspecified atom stereocenters. The Labute approximate surface area is 153 Å². The van der Waals surface area contributed by atoms with Crippen molar-refractivity contribution in [1.29, 1.82) is 0 Å². The fourth-order valence-electron chi connectivity index (χ4n) is 3.09. The summed E-state index contributed by atoms with van der Waals surface area (Å²) < 4.78 is 16.9. The van der Waals surface area contributed by atoms with Gasteiger partial charge in [-0.3, -0.25) is 9.89 Å². The third-order valence-corrected chi connectivity index (χ3v) is 4.63. The normalized spacial score (nSPS) is 15.0. The topological polar surface area (TPSA) is 76.7 Å². The predicted octanol–water partition coefficient (Wildman–Crippen LogP) is 2.67. The molecule has 1 aromatic carbocycles. The second kappa shape index (κ2) is 8.12. The first-order valence-electron chi connectivity index (χ1n) is 8.87. The molecule has 3 rings (SSSR count). The van der Waals surface area contributed by atoms with Gasteiger partial charge in [-0.25, -0.2) is 0 Å². The molecule has 0 saturated carbocycles. The van der Waals surface area contributed by atoms with Gasteiger partial charge in [-0.2, -0.15) is 5.10 Å². The van der Waals surface area contributed by atoms with Gasteiger partial charge in [-0.05, 0) is 24.6 Å². The summed E-state index contributed by atoms with van der Waals surface area (Å²) in [6, 6.07) is 7.38. The van der Waals surface area contributed by atoms with Crippen LogP contribution >= 0.6 is 0 Å². The first-order chi connectivity index (χ1) is 12.7. The Morgan fingerprint density at radius 2 is 1.88 bits per heavy atom. The first-order valence-corrected chi connectivity index (χ1v) is 8.87. The van der Waals surface area contributed by atoms with E-state index >= 15 is 0 Å². The van der Waals surface area contributed by atoms with Gasteiger partial charge in [-0.15, -0.1) is 0 Å². The van der Waals surface area contributed by atoms with Crippen LogP contribution in [-0.2, 0) is 6.42 Å².